The number of hydrogen-bond donors (Lipinski definition) is 0. The predicted octanol–water partition coefficient (Wildman–Crippen LogP) is 3.78. The zero-order chi connectivity index (χ0) is 11.6. The maximum Gasteiger partial charge on any atom is 0.119 e. The Balaban J connectivity index is 2.16. The molecule has 3 heteroatoms. The van der Waals surface area contributed by atoms with Crippen LogP contribution >= 0.6 is 15.9 Å². The van der Waals surface area contributed by atoms with Crippen molar-refractivity contribution in [2.45, 2.75) is 25.1 Å². The average molecular weight is 287 g/mol. The maximum atomic E-state index is 5.58. The number of benzene rings is 1. The molecule has 0 N–H and O–H groups in total. The number of rotatable bonds is 8. The first-order chi connectivity index (χ1) is 7.86. The second-order valence-corrected chi connectivity index (χ2v) is 4.16. The van der Waals surface area contributed by atoms with Crippen LogP contribution in [0.2, 0.25) is 0 Å². The summed E-state index contributed by atoms with van der Waals surface area (Å²) in [6.07, 6.45) is 2.30. The fourth-order valence-corrected chi connectivity index (χ4v) is 1.63. The molecule has 0 fully saturated rings. The van der Waals surface area contributed by atoms with Crippen molar-refractivity contribution in [2.24, 2.45) is 0 Å². The van der Waals surface area contributed by atoms with E-state index in [0.717, 1.165) is 24.1 Å². The smallest absolute Gasteiger partial charge is 0.119 e. The summed E-state index contributed by atoms with van der Waals surface area (Å²) in [6.45, 7) is 4.28. The zero-order valence-corrected chi connectivity index (χ0v) is 11.3. The largest absolute Gasteiger partial charge is 0.491 e. The van der Waals surface area contributed by atoms with Gasteiger partial charge in [0.25, 0.3) is 0 Å². The van der Waals surface area contributed by atoms with Crippen molar-refractivity contribution >= 4 is 15.9 Å². The van der Waals surface area contributed by atoms with Gasteiger partial charge in [-0.2, -0.15) is 0 Å². The van der Waals surface area contributed by atoms with Crippen molar-refractivity contribution in [3.05, 3.63) is 29.8 Å². The van der Waals surface area contributed by atoms with Crippen LogP contribution in [0.25, 0.3) is 0 Å². The van der Waals surface area contributed by atoms with Gasteiger partial charge in [0.1, 0.15) is 12.4 Å². The van der Waals surface area contributed by atoms with Crippen molar-refractivity contribution in [1.82, 2.24) is 0 Å². The normalized spacial score (nSPS) is 10.4. The van der Waals surface area contributed by atoms with E-state index >= 15 is 0 Å². The second kappa shape index (κ2) is 8.59. The molecule has 0 spiro atoms. The van der Waals surface area contributed by atoms with Crippen molar-refractivity contribution < 1.29 is 9.47 Å². The van der Waals surface area contributed by atoms with E-state index in [0.29, 0.717) is 13.2 Å². The molecule has 0 amide bonds. The van der Waals surface area contributed by atoms with Gasteiger partial charge in [-0.1, -0.05) is 41.4 Å². The molecule has 1 aromatic rings. The molecule has 0 aliphatic rings. The van der Waals surface area contributed by atoms with Crippen LogP contribution in [0.3, 0.4) is 0 Å². The number of alkyl halides is 1. The minimum absolute atomic E-state index is 0.620. The van der Waals surface area contributed by atoms with Gasteiger partial charge in [-0.15, -0.1) is 0 Å². The van der Waals surface area contributed by atoms with Gasteiger partial charge in [-0.05, 0) is 24.1 Å². The number of ether oxygens (including phenoxy) is 2. The topological polar surface area (TPSA) is 18.5 Å². The molecule has 0 aliphatic carbocycles. The minimum Gasteiger partial charge on any atom is -0.491 e. The zero-order valence-electron chi connectivity index (χ0n) is 9.75. The third kappa shape index (κ3) is 5.52. The van der Waals surface area contributed by atoms with E-state index in [1.807, 2.05) is 18.2 Å². The molecule has 0 saturated heterocycles. The molecule has 1 rings (SSSR count). The van der Waals surface area contributed by atoms with Gasteiger partial charge in [0, 0.05) is 11.9 Å². The van der Waals surface area contributed by atoms with Gasteiger partial charge in [0.2, 0.25) is 0 Å². The van der Waals surface area contributed by atoms with E-state index in [1.54, 1.807) is 0 Å². The summed E-state index contributed by atoms with van der Waals surface area (Å²) in [5.74, 6) is 0.913. The number of unbranched alkanes of at least 4 members (excludes halogenated alkanes) is 1. The van der Waals surface area contributed by atoms with Crippen LogP contribution in [-0.2, 0) is 10.1 Å². The summed E-state index contributed by atoms with van der Waals surface area (Å²) in [7, 11) is 0. The van der Waals surface area contributed by atoms with Crippen LogP contribution < -0.4 is 4.74 Å². The molecular formula is C13H19BrO2. The minimum atomic E-state index is 0.620. The third-order valence-corrected chi connectivity index (χ3v) is 2.84. The van der Waals surface area contributed by atoms with E-state index in [1.165, 1.54) is 12.0 Å². The van der Waals surface area contributed by atoms with Crippen LogP contribution in [0, 0.1) is 0 Å². The summed E-state index contributed by atoms with van der Waals surface area (Å²) in [6, 6.07) is 8.09. The van der Waals surface area contributed by atoms with Crippen LogP contribution in [0.5, 0.6) is 5.75 Å². The third-order valence-electron chi connectivity index (χ3n) is 2.19. The quantitative estimate of drug-likeness (QED) is 0.535. The fourth-order valence-electron chi connectivity index (χ4n) is 1.29. The lowest BCUT2D eigenvalue weighted by atomic mass is 10.2. The molecule has 0 radical (unpaired) electrons. The van der Waals surface area contributed by atoms with E-state index in [2.05, 4.69) is 28.9 Å². The van der Waals surface area contributed by atoms with Crippen molar-refractivity contribution in [1.29, 1.82) is 0 Å². The first kappa shape index (κ1) is 13.5. The van der Waals surface area contributed by atoms with Crippen LogP contribution in [0.1, 0.15) is 25.3 Å². The van der Waals surface area contributed by atoms with E-state index in [9.17, 15) is 0 Å². The fraction of sp³-hybridized carbons (Fsp3) is 0.538. The lowest BCUT2D eigenvalue weighted by molar-refractivity contribution is 0.0980. The average Bonchev–Trinajstić information content (AvgIpc) is 2.34. The second-order valence-electron chi connectivity index (χ2n) is 3.60. The molecule has 0 heterocycles. The van der Waals surface area contributed by atoms with Gasteiger partial charge < -0.3 is 9.47 Å². The summed E-state index contributed by atoms with van der Waals surface area (Å²) in [4.78, 5) is 0. The van der Waals surface area contributed by atoms with Crippen LogP contribution in [0.15, 0.2) is 24.3 Å². The number of hydrogen-bond acceptors (Lipinski definition) is 2. The molecule has 0 bridgehead atoms. The molecule has 0 aromatic heterocycles. The number of halogens is 1. The molecule has 90 valence electrons. The summed E-state index contributed by atoms with van der Waals surface area (Å²) < 4.78 is 11.0. The SMILES string of the molecule is CCCCOCCOc1cccc(CBr)c1. The van der Waals surface area contributed by atoms with E-state index in [4.69, 9.17) is 9.47 Å². The monoisotopic (exact) mass is 286 g/mol. The Kier molecular flexibility index (Phi) is 7.26. The first-order valence-electron chi connectivity index (χ1n) is 5.72. The first-order valence-corrected chi connectivity index (χ1v) is 6.84. The van der Waals surface area contributed by atoms with Crippen molar-refractivity contribution in [3.63, 3.8) is 0 Å². The van der Waals surface area contributed by atoms with Crippen LogP contribution in [-0.4, -0.2) is 19.8 Å². The summed E-state index contributed by atoms with van der Waals surface area (Å²) in [5, 5.41) is 0.858. The Labute approximate surface area is 106 Å². The Morgan fingerprint density at radius 3 is 2.81 bits per heavy atom. The summed E-state index contributed by atoms with van der Waals surface area (Å²) >= 11 is 3.42. The molecule has 2 nitrogen and oxygen atoms in total. The van der Waals surface area contributed by atoms with Crippen molar-refractivity contribution in [2.75, 3.05) is 19.8 Å². The standard InChI is InChI=1S/C13H19BrO2/c1-2-3-7-15-8-9-16-13-6-4-5-12(10-13)11-14/h4-6,10H,2-3,7-9,11H2,1H3. The van der Waals surface area contributed by atoms with Gasteiger partial charge in [0.15, 0.2) is 0 Å². The Morgan fingerprint density at radius 2 is 2.06 bits per heavy atom. The molecular weight excluding hydrogens is 268 g/mol. The van der Waals surface area contributed by atoms with E-state index in [-0.39, 0.29) is 0 Å². The Hall–Kier alpha value is -0.540. The lowest BCUT2D eigenvalue weighted by Gasteiger charge is -2.07. The molecule has 0 atom stereocenters. The maximum absolute atomic E-state index is 5.58. The molecule has 1 aromatic carbocycles. The summed E-state index contributed by atoms with van der Waals surface area (Å²) in [5.41, 5.74) is 1.23. The van der Waals surface area contributed by atoms with Gasteiger partial charge in [-0.25, -0.2) is 0 Å². The Morgan fingerprint density at radius 1 is 1.19 bits per heavy atom. The highest BCUT2D eigenvalue weighted by molar-refractivity contribution is 9.08. The van der Waals surface area contributed by atoms with E-state index < -0.39 is 0 Å². The molecule has 0 aliphatic heterocycles. The predicted molar refractivity (Wildman–Crippen MR) is 70.3 cm³/mol. The highest BCUT2D eigenvalue weighted by Gasteiger charge is 1.95. The molecule has 0 saturated carbocycles. The molecule has 16 heavy (non-hydrogen) atoms. The lowest BCUT2D eigenvalue weighted by Crippen LogP contribution is -2.07. The van der Waals surface area contributed by atoms with Gasteiger partial charge >= 0.3 is 0 Å². The highest BCUT2D eigenvalue weighted by atomic mass is 79.9. The van der Waals surface area contributed by atoms with Gasteiger partial charge in [-0.3, -0.25) is 0 Å². The van der Waals surface area contributed by atoms with Gasteiger partial charge in [0.05, 0.1) is 6.61 Å². The van der Waals surface area contributed by atoms with Crippen LogP contribution in [0.4, 0.5) is 0 Å². The Bertz CT molecular complexity index is 289. The highest BCUT2D eigenvalue weighted by Crippen LogP contribution is 2.15. The molecule has 0 unspecified atom stereocenters. The van der Waals surface area contributed by atoms with Crippen molar-refractivity contribution in [3.8, 4) is 5.75 Å².